The van der Waals surface area contributed by atoms with Gasteiger partial charge in [-0.25, -0.2) is 4.98 Å². The summed E-state index contributed by atoms with van der Waals surface area (Å²) in [5.41, 5.74) is 12.4. The zero-order valence-electron chi connectivity index (χ0n) is 9.61. The van der Waals surface area contributed by atoms with Crippen molar-refractivity contribution in [3.8, 4) is 0 Å². The first kappa shape index (κ1) is 11.0. The Balaban J connectivity index is 2.18. The van der Waals surface area contributed by atoms with Gasteiger partial charge in [0.15, 0.2) is 5.82 Å². The minimum Gasteiger partial charge on any atom is -0.396 e. The Labute approximate surface area is 95.8 Å². The highest BCUT2D eigenvalue weighted by Gasteiger charge is 2.20. The summed E-state index contributed by atoms with van der Waals surface area (Å²) in [4.78, 5) is 6.71. The Morgan fingerprint density at radius 3 is 3.00 bits per heavy atom. The number of aromatic nitrogens is 1. The van der Waals surface area contributed by atoms with Gasteiger partial charge in [0.25, 0.3) is 0 Å². The Morgan fingerprint density at radius 1 is 1.56 bits per heavy atom. The lowest BCUT2D eigenvalue weighted by Gasteiger charge is -2.18. The number of hydrogen-bond acceptors (Lipinski definition) is 5. The third kappa shape index (κ3) is 2.19. The molecule has 0 aliphatic carbocycles. The van der Waals surface area contributed by atoms with Gasteiger partial charge < -0.3 is 21.7 Å². The van der Waals surface area contributed by atoms with Gasteiger partial charge in [-0.1, -0.05) is 0 Å². The molecule has 5 heteroatoms. The Kier molecular flexibility index (Phi) is 3.14. The fraction of sp³-hybridized carbons (Fsp3) is 0.545. The van der Waals surface area contributed by atoms with Crippen molar-refractivity contribution in [3.63, 3.8) is 0 Å². The molecule has 88 valence electrons. The quantitative estimate of drug-likeness (QED) is 0.697. The second-order valence-corrected chi connectivity index (χ2v) is 4.13. The van der Waals surface area contributed by atoms with Crippen LogP contribution in [0.4, 0.5) is 17.3 Å². The lowest BCUT2D eigenvalue weighted by molar-refractivity contribution is 0.751. The molecule has 0 spiro atoms. The van der Waals surface area contributed by atoms with Crippen LogP contribution in [0.25, 0.3) is 0 Å². The summed E-state index contributed by atoms with van der Waals surface area (Å²) < 4.78 is 0. The summed E-state index contributed by atoms with van der Waals surface area (Å²) in [5, 5.41) is 3.16. The van der Waals surface area contributed by atoms with Crippen molar-refractivity contribution in [3.05, 3.63) is 12.1 Å². The van der Waals surface area contributed by atoms with Crippen molar-refractivity contribution >= 4 is 17.3 Å². The van der Waals surface area contributed by atoms with Crippen molar-refractivity contribution in [2.24, 2.45) is 5.73 Å². The monoisotopic (exact) mass is 221 g/mol. The number of pyridine rings is 1. The Hall–Kier alpha value is -1.49. The molecule has 16 heavy (non-hydrogen) atoms. The van der Waals surface area contributed by atoms with Gasteiger partial charge in [0, 0.05) is 25.7 Å². The van der Waals surface area contributed by atoms with Crippen LogP contribution in [-0.2, 0) is 0 Å². The van der Waals surface area contributed by atoms with E-state index in [1.54, 1.807) is 0 Å². The standard InChI is InChI=1S/C11H19N5/c1-2-14-11-9(13)3-4-10(15-11)16-6-5-8(12)7-16/h3-4,8H,2,5-7,12-13H2,1H3,(H,14,15). The van der Waals surface area contributed by atoms with Gasteiger partial charge in [0.05, 0.1) is 5.69 Å². The number of anilines is 3. The molecule has 1 aliphatic rings. The van der Waals surface area contributed by atoms with Crippen LogP contribution in [0, 0.1) is 0 Å². The third-order valence-electron chi connectivity index (χ3n) is 2.80. The SMILES string of the molecule is CCNc1nc(N2CCC(N)C2)ccc1N. The van der Waals surface area contributed by atoms with E-state index in [-0.39, 0.29) is 6.04 Å². The normalized spacial score (nSPS) is 20.1. The van der Waals surface area contributed by atoms with Gasteiger partial charge in [-0.05, 0) is 25.5 Å². The second-order valence-electron chi connectivity index (χ2n) is 4.13. The number of hydrogen-bond donors (Lipinski definition) is 3. The molecule has 0 bridgehead atoms. The molecule has 0 radical (unpaired) electrons. The number of nitrogens with two attached hydrogens (primary N) is 2. The Morgan fingerprint density at radius 2 is 2.38 bits per heavy atom. The van der Waals surface area contributed by atoms with Crippen LogP contribution in [0.15, 0.2) is 12.1 Å². The minimum absolute atomic E-state index is 0.266. The first-order valence-corrected chi connectivity index (χ1v) is 5.71. The maximum atomic E-state index is 5.88. The Bertz CT molecular complexity index is 365. The van der Waals surface area contributed by atoms with Crippen LogP contribution in [0.1, 0.15) is 13.3 Å². The molecule has 5 nitrogen and oxygen atoms in total. The van der Waals surface area contributed by atoms with E-state index in [0.29, 0.717) is 5.69 Å². The van der Waals surface area contributed by atoms with Gasteiger partial charge in [0.2, 0.25) is 0 Å². The van der Waals surface area contributed by atoms with Gasteiger partial charge in [-0.15, -0.1) is 0 Å². The molecule has 1 aromatic heterocycles. The van der Waals surface area contributed by atoms with Gasteiger partial charge in [-0.2, -0.15) is 0 Å². The van der Waals surface area contributed by atoms with E-state index in [4.69, 9.17) is 11.5 Å². The summed E-state index contributed by atoms with van der Waals surface area (Å²) >= 11 is 0. The van der Waals surface area contributed by atoms with E-state index < -0.39 is 0 Å². The first-order valence-electron chi connectivity index (χ1n) is 5.71. The predicted octanol–water partition coefficient (Wildman–Crippen LogP) is 0.633. The molecule has 1 unspecified atom stereocenters. The van der Waals surface area contributed by atoms with Crippen LogP contribution in [-0.4, -0.2) is 30.7 Å². The highest BCUT2D eigenvalue weighted by Crippen LogP contribution is 2.23. The van der Waals surface area contributed by atoms with Crippen molar-refractivity contribution in [2.45, 2.75) is 19.4 Å². The van der Waals surface area contributed by atoms with E-state index in [0.717, 1.165) is 37.7 Å². The number of nitrogens with zero attached hydrogens (tertiary/aromatic N) is 2. The fourth-order valence-electron chi connectivity index (χ4n) is 1.94. The highest BCUT2D eigenvalue weighted by atomic mass is 15.2. The van der Waals surface area contributed by atoms with Crippen molar-refractivity contribution in [1.29, 1.82) is 0 Å². The van der Waals surface area contributed by atoms with Crippen LogP contribution in [0.5, 0.6) is 0 Å². The second kappa shape index (κ2) is 4.57. The predicted molar refractivity (Wildman–Crippen MR) is 67.6 cm³/mol. The van der Waals surface area contributed by atoms with Crippen LogP contribution >= 0.6 is 0 Å². The highest BCUT2D eigenvalue weighted by molar-refractivity contribution is 5.65. The minimum atomic E-state index is 0.266. The largest absolute Gasteiger partial charge is 0.396 e. The van der Waals surface area contributed by atoms with E-state index in [2.05, 4.69) is 15.2 Å². The molecule has 2 rings (SSSR count). The summed E-state index contributed by atoms with van der Waals surface area (Å²) in [6.07, 6.45) is 1.03. The number of rotatable bonds is 3. The number of nitrogen functional groups attached to an aromatic ring is 1. The molecule has 5 N–H and O–H groups in total. The van der Waals surface area contributed by atoms with Crippen molar-refractivity contribution < 1.29 is 0 Å². The molecule has 1 aromatic rings. The molecule has 0 amide bonds. The maximum Gasteiger partial charge on any atom is 0.151 e. The van der Waals surface area contributed by atoms with Crippen LogP contribution in [0.3, 0.4) is 0 Å². The van der Waals surface area contributed by atoms with E-state index in [9.17, 15) is 0 Å². The zero-order chi connectivity index (χ0) is 11.5. The van der Waals surface area contributed by atoms with E-state index >= 15 is 0 Å². The summed E-state index contributed by atoms with van der Waals surface area (Å²) in [6, 6.07) is 4.11. The van der Waals surface area contributed by atoms with Crippen LogP contribution < -0.4 is 21.7 Å². The van der Waals surface area contributed by atoms with E-state index in [1.165, 1.54) is 0 Å². The lowest BCUT2D eigenvalue weighted by Crippen LogP contribution is -2.27. The smallest absolute Gasteiger partial charge is 0.151 e. The molecule has 0 saturated carbocycles. The molecule has 0 aromatic carbocycles. The van der Waals surface area contributed by atoms with Gasteiger partial charge in [-0.3, -0.25) is 0 Å². The van der Waals surface area contributed by atoms with Gasteiger partial charge in [0.1, 0.15) is 5.82 Å². The average molecular weight is 221 g/mol. The first-order chi connectivity index (χ1) is 7.70. The van der Waals surface area contributed by atoms with Gasteiger partial charge >= 0.3 is 0 Å². The molecular formula is C11H19N5. The molecule has 2 heterocycles. The zero-order valence-corrected chi connectivity index (χ0v) is 9.61. The van der Waals surface area contributed by atoms with Crippen LogP contribution in [0.2, 0.25) is 0 Å². The third-order valence-corrected chi connectivity index (χ3v) is 2.80. The summed E-state index contributed by atoms with van der Waals surface area (Å²) in [7, 11) is 0. The molecule has 1 fully saturated rings. The van der Waals surface area contributed by atoms with Crippen molar-refractivity contribution in [2.75, 3.05) is 35.6 Å². The summed E-state index contributed by atoms with van der Waals surface area (Å²) in [5.74, 6) is 1.72. The van der Waals surface area contributed by atoms with Crippen molar-refractivity contribution in [1.82, 2.24) is 4.98 Å². The topological polar surface area (TPSA) is 80.2 Å². The fourth-order valence-corrected chi connectivity index (χ4v) is 1.94. The lowest BCUT2D eigenvalue weighted by atomic mass is 10.3. The molecule has 1 aliphatic heterocycles. The maximum absolute atomic E-state index is 5.88. The molecule has 1 saturated heterocycles. The number of nitrogens with one attached hydrogen (secondary N) is 1. The molecular weight excluding hydrogens is 202 g/mol. The van der Waals surface area contributed by atoms with E-state index in [1.807, 2.05) is 19.1 Å². The summed E-state index contributed by atoms with van der Waals surface area (Å²) in [6.45, 7) is 4.70. The average Bonchev–Trinajstić information content (AvgIpc) is 2.69. The molecule has 1 atom stereocenters.